The van der Waals surface area contributed by atoms with E-state index < -0.39 is 0 Å². The van der Waals surface area contributed by atoms with Gasteiger partial charge in [0, 0.05) is 19.1 Å². The van der Waals surface area contributed by atoms with Crippen molar-refractivity contribution in [3.63, 3.8) is 0 Å². The summed E-state index contributed by atoms with van der Waals surface area (Å²) in [5.41, 5.74) is 1.16. The van der Waals surface area contributed by atoms with Crippen molar-refractivity contribution in [1.29, 1.82) is 0 Å². The molecule has 2 unspecified atom stereocenters. The number of hydrogen-bond donors (Lipinski definition) is 0. The van der Waals surface area contributed by atoms with Crippen LogP contribution < -0.4 is 0 Å². The molecule has 0 saturated carbocycles. The van der Waals surface area contributed by atoms with Gasteiger partial charge in [-0.25, -0.2) is 0 Å². The molecule has 0 spiro atoms. The van der Waals surface area contributed by atoms with E-state index in [4.69, 9.17) is 18.9 Å². The Morgan fingerprint density at radius 1 is 1.07 bits per heavy atom. The summed E-state index contributed by atoms with van der Waals surface area (Å²) >= 11 is 0. The van der Waals surface area contributed by atoms with E-state index in [1.807, 2.05) is 18.2 Å². The van der Waals surface area contributed by atoms with Crippen LogP contribution in [0.4, 0.5) is 0 Å². The molecule has 7 heteroatoms. The quantitative estimate of drug-likeness (QED) is 0.570. The molecule has 1 aliphatic heterocycles. The van der Waals surface area contributed by atoms with Crippen LogP contribution in [0, 0.1) is 0 Å². The first kappa shape index (κ1) is 21.3. The van der Waals surface area contributed by atoms with Crippen LogP contribution >= 0.6 is 0 Å². The highest BCUT2D eigenvalue weighted by molar-refractivity contribution is 5.70. The van der Waals surface area contributed by atoms with E-state index in [2.05, 4.69) is 17.0 Å². The van der Waals surface area contributed by atoms with Gasteiger partial charge in [-0.15, -0.1) is 0 Å². The summed E-state index contributed by atoms with van der Waals surface area (Å²) in [7, 11) is 2.75. The number of methoxy groups -OCH3 is 2. The second-order valence-corrected chi connectivity index (χ2v) is 6.43. The molecular weight excluding hydrogens is 350 g/mol. The van der Waals surface area contributed by atoms with E-state index in [9.17, 15) is 9.59 Å². The maximum atomic E-state index is 11.7. The molecular formula is C20H29NO6. The Hall–Kier alpha value is -1.96. The van der Waals surface area contributed by atoms with Crippen molar-refractivity contribution in [3.05, 3.63) is 35.9 Å². The zero-order valence-corrected chi connectivity index (χ0v) is 16.1. The van der Waals surface area contributed by atoms with Gasteiger partial charge in [0.25, 0.3) is 0 Å². The Labute approximate surface area is 160 Å². The highest BCUT2D eigenvalue weighted by Gasteiger charge is 2.31. The van der Waals surface area contributed by atoms with Gasteiger partial charge in [0.2, 0.25) is 0 Å². The standard InChI is InChI=1S/C20H29NO6/c1-24-19(22)8-10-21(11-9-20(23)25-2)17(18-15-26-12-13-27-18)14-16-6-4-3-5-7-16/h3-7,17-18H,8-15H2,1-2H3. The highest BCUT2D eigenvalue weighted by atomic mass is 16.6. The lowest BCUT2D eigenvalue weighted by Crippen LogP contribution is -2.51. The minimum Gasteiger partial charge on any atom is -0.469 e. The molecule has 1 aliphatic rings. The van der Waals surface area contributed by atoms with Crippen molar-refractivity contribution >= 4 is 11.9 Å². The summed E-state index contributed by atoms with van der Waals surface area (Å²) in [4.78, 5) is 25.5. The van der Waals surface area contributed by atoms with Gasteiger partial charge in [0.1, 0.15) is 0 Å². The summed E-state index contributed by atoms with van der Waals surface area (Å²) in [6.45, 7) is 2.56. The van der Waals surface area contributed by atoms with Gasteiger partial charge in [-0.3, -0.25) is 14.5 Å². The van der Waals surface area contributed by atoms with Gasteiger partial charge in [-0.2, -0.15) is 0 Å². The Morgan fingerprint density at radius 2 is 1.70 bits per heavy atom. The fourth-order valence-electron chi connectivity index (χ4n) is 3.20. The Bertz CT molecular complexity index is 553. The van der Waals surface area contributed by atoms with Crippen molar-refractivity contribution in [3.8, 4) is 0 Å². The Kier molecular flexibility index (Phi) is 9.24. The summed E-state index contributed by atoms with van der Waals surface area (Å²) in [6.07, 6.45) is 1.10. The Balaban J connectivity index is 2.16. The summed E-state index contributed by atoms with van der Waals surface area (Å²) in [5.74, 6) is -0.560. The van der Waals surface area contributed by atoms with E-state index in [1.54, 1.807) is 0 Å². The predicted octanol–water partition coefficient (Wildman–Crippen LogP) is 1.44. The minimum atomic E-state index is -0.280. The third kappa shape index (κ3) is 7.28. The van der Waals surface area contributed by atoms with Crippen LogP contribution in [-0.4, -0.2) is 76.1 Å². The molecule has 1 aromatic rings. The molecule has 0 radical (unpaired) electrons. The summed E-state index contributed by atoms with van der Waals surface area (Å²) in [6, 6.07) is 10.1. The number of carbonyl (C=O) groups is 2. The molecule has 150 valence electrons. The van der Waals surface area contributed by atoms with Gasteiger partial charge in [-0.1, -0.05) is 30.3 Å². The van der Waals surface area contributed by atoms with E-state index >= 15 is 0 Å². The zero-order valence-electron chi connectivity index (χ0n) is 16.1. The van der Waals surface area contributed by atoms with Crippen LogP contribution in [0.5, 0.6) is 0 Å². The van der Waals surface area contributed by atoms with Crippen LogP contribution in [-0.2, 0) is 35.0 Å². The third-order valence-corrected chi connectivity index (χ3v) is 4.69. The van der Waals surface area contributed by atoms with Crippen LogP contribution in [0.1, 0.15) is 18.4 Å². The topological polar surface area (TPSA) is 74.3 Å². The molecule has 0 bridgehead atoms. The average Bonchev–Trinajstić information content (AvgIpc) is 2.73. The van der Waals surface area contributed by atoms with Gasteiger partial charge >= 0.3 is 11.9 Å². The number of nitrogens with zero attached hydrogens (tertiary/aromatic N) is 1. The van der Waals surface area contributed by atoms with Crippen molar-refractivity contribution < 1.29 is 28.5 Å². The smallest absolute Gasteiger partial charge is 0.306 e. The van der Waals surface area contributed by atoms with Crippen molar-refractivity contribution in [2.24, 2.45) is 0 Å². The molecule has 2 rings (SSSR count). The molecule has 0 aliphatic carbocycles. The lowest BCUT2D eigenvalue weighted by atomic mass is 9.98. The molecule has 0 N–H and O–H groups in total. The lowest BCUT2D eigenvalue weighted by molar-refractivity contribution is -0.143. The monoisotopic (exact) mass is 379 g/mol. The second kappa shape index (κ2) is 11.7. The van der Waals surface area contributed by atoms with E-state index in [-0.39, 0.29) is 36.9 Å². The van der Waals surface area contributed by atoms with E-state index in [0.29, 0.717) is 32.9 Å². The SMILES string of the molecule is COC(=O)CCN(CCC(=O)OC)C(Cc1ccccc1)C1COCCO1. The van der Waals surface area contributed by atoms with Crippen LogP contribution in [0.3, 0.4) is 0 Å². The Morgan fingerprint density at radius 3 is 2.22 bits per heavy atom. The first-order valence-electron chi connectivity index (χ1n) is 9.25. The van der Waals surface area contributed by atoms with Gasteiger partial charge < -0.3 is 18.9 Å². The first-order valence-corrected chi connectivity index (χ1v) is 9.25. The second-order valence-electron chi connectivity index (χ2n) is 6.43. The lowest BCUT2D eigenvalue weighted by Gasteiger charge is -2.38. The molecule has 27 heavy (non-hydrogen) atoms. The fraction of sp³-hybridized carbons (Fsp3) is 0.600. The molecule has 2 atom stereocenters. The number of ether oxygens (including phenoxy) is 4. The third-order valence-electron chi connectivity index (χ3n) is 4.69. The molecule has 1 aromatic carbocycles. The molecule has 1 heterocycles. The molecule has 7 nitrogen and oxygen atoms in total. The summed E-state index contributed by atoms with van der Waals surface area (Å²) < 4.78 is 21.1. The van der Waals surface area contributed by atoms with Gasteiger partial charge in [0.05, 0.1) is 53.0 Å². The molecule has 0 aromatic heterocycles. The fourth-order valence-corrected chi connectivity index (χ4v) is 3.20. The van der Waals surface area contributed by atoms with Gasteiger partial charge in [0.15, 0.2) is 0 Å². The van der Waals surface area contributed by atoms with Crippen LogP contribution in [0.25, 0.3) is 0 Å². The van der Waals surface area contributed by atoms with Crippen LogP contribution in [0.2, 0.25) is 0 Å². The molecule has 0 amide bonds. The summed E-state index contributed by atoms with van der Waals surface area (Å²) in [5, 5.41) is 0. The molecule has 1 fully saturated rings. The first-order chi connectivity index (χ1) is 13.1. The zero-order chi connectivity index (χ0) is 19.5. The highest BCUT2D eigenvalue weighted by Crippen LogP contribution is 2.19. The number of carbonyl (C=O) groups excluding carboxylic acids is 2. The maximum Gasteiger partial charge on any atom is 0.306 e. The number of benzene rings is 1. The van der Waals surface area contributed by atoms with E-state index in [0.717, 1.165) is 12.0 Å². The minimum absolute atomic E-state index is 0.0259. The number of esters is 2. The largest absolute Gasteiger partial charge is 0.469 e. The average molecular weight is 379 g/mol. The molecule has 1 saturated heterocycles. The van der Waals surface area contributed by atoms with Gasteiger partial charge in [-0.05, 0) is 12.0 Å². The van der Waals surface area contributed by atoms with E-state index in [1.165, 1.54) is 14.2 Å². The normalized spacial score (nSPS) is 18.1. The number of rotatable bonds is 10. The van der Waals surface area contributed by atoms with Crippen LogP contribution in [0.15, 0.2) is 30.3 Å². The maximum absolute atomic E-state index is 11.7. The van der Waals surface area contributed by atoms with Crippen molar-refractivity contribution in [1.82, 2.24) is 4.90 Å². The predicted molar refractivity (Wildman–Crippen MR) is 99.3 cm³/mol. The van der Waals surface area contributed by atoms with Crippen molar-refractivity contribution in [2.45, 2.75) is 31.4 Å². The van der Waals surface area contributed by atoms with Crippen molar-refractivity contribution in [2.75, 3.05) is 47.1 Å². The number of hydrogen-bond acceptors (Lipinski definition) is 7.